The molecule has 2 heteroatoms. The lowest BCUT2D eigenvalue weighted by molar-refractivity contribution is 0.248. The topological polar surface area (TPSA) is 15.3 Å². The van der Waals surface area contributed by atoms with Crippen LogP contribution in [0.4, 0.5) is 0 Å². The largest absolute Gasteiger partial charge is 0.309 e. The summed E-state index contributed by atoms with van der Waals surface area (Å²) in [4.78, 5) is 2.67. The molecule has 0 aromatic heterocycles. The van der Waals surface area contributed by atoms with Gasteiger partial charge in [-0.05, 0) is 69.3 Å². The standard InChI is InChI=1S/C19H32N2/c1-4-12-20-19(18-10-6-5-9-17(18)3)15-21-13-7-8-16(2)11-14-21/h5-6,9-10,16,19-20H,4,7-8,11-15H2,1-3H3. The second kappa shape index (κ2) is 8.55. The van der Waals surface area contributed by atoms with Crippen LogP contribution in [0.3, 0.4) is 0 Å². The first-order valence-electron chi connectivity index (χ1n) is 8.72. The fraction of sp³-hybridized carbons (Fsp3) is 0.684. The Balaban J connectivity index is 2.04. The average molecular weight is 288 g/mol. The average Bonchev–Trinajstić information content (AvgIpc) is 2.69. The molecule has 1 fully saturated rings. The number of likely N-dealkylation sites (tertiary alicyclic amines) is 1. The Kier molecular flexibility index (Phi) is 6.72. The lowest BCUT2D eigenvalue weighted by Gasteiger charge is -2.28. The summed E-state index contributed by atoms with van der Waals surface area (Å²) >= 11 is 0. The lowest BCUT2D eigenvalue weighted by Crippen LogP contribution is -2.36. The molecule has 1 saturated heterocycles. The first-order chi connectivity index (χ1) is 10.2. The Morgan fingerprint density at radius 1 is 1.24 bits per heavy atom. The van der Waals surface area contributed by atoms with E-state index in [4.69, 9.17) is 0 Å². The third-order valence-corrected chi connectivity index (χ3v) is 4.75. The number of hydrogen-bond acceptors (Lipinski definition) is 2. The van der Waals surface area contributed by atoms with Crippen LogP contribution in [0.5, 0.6) is 0 Å². The molecule has 2 unspecified atom stereocenters. The minimum atomic E-state index is 0.472. The van der Waals surface area contributed by atoms with Gasteiger partial charge in [0.15, 0.2) is 0 Å². The van der Waals surface area contributed by atoms with Crippen LogP contribution in [0.1, 0.15) is 56.7 Å². The molecule has 1 aliphatic rings. The third kappa shape index (κ3) is 5.12. The molecule has 0 bridgehead atoms. The van der Waals surface area contributed by atoms with Gasteiger partial charge in [0.2, 0.25) is 0 Å². The van der Waals surface area contributed by atoms with Crippen molar-refractivity contribution in [1.82, 2.24) is 10.2 Å². The molecule has 0 spiro atoms. The molecule has 1 N–H and O–H groups in total. The van der Waals surface area contributed by atoms with Gasteiger partial charge in [0.1, 0.15) is 0 Å². The zero-order chi connectivity index (χ0) is 15.1. The van der Waals surface area contributed by atoms with Crippen LogP contribution in [0.2, 0.25) is 0 Å². The van der Waals surface area contributed by atoms with Crippen molar-refractivity contribution in [3.05, 3.63) is 35.4 Å². The third-order valence-electron chi connectivity index (χ3n) is 4.75. The van der Waals surface area contributed by atoms with E-state index in [9.17, 15) is 0 Å². The van der Waals surface area contributed by atoms with Gasteiger partial charge < -0.3 is 10.2 Å². The quantitative estimate of drug-likeness (QED) is 0.845. The van der Waals surface area contributed by atoms with Gasteiger partial charge >= 0.3 is 0 Å². The number of benzene rings is 1. The van der Waals surface area contributed by atoms with Gasteiger partial charge in [0, 0.05) is 12.6 Å². The van der Waals surface area contributed by atoms with Gasteiger partial charge in [-0.3, -0.25) is 0 Å². The molecular formula is C19H32N2. The van der Waals surface area contributed by atoms with Crippen molar-refractivity contribution in [1.29, 1.82) is 0 Å². The number of nitrogens with zero attached hydrogens (tertiary/aromatic N) is 1. The van der Waals surface area contributed by atoms with Gasteiger partial charge in [-0.15, -0.1) is 0 Å². The minimum absolute atomic E-state index is 0.472. The second-order valence-electron chi connectivity index (χ2n) is 6.70. The van der Waals surface area contributed by atoms with E-state index in [1.165, 1.54) is 49.9 Å². The molecule has 0 radical (unpaired) electrons. The molecule has 0 saturated carbocycles. The van der Waals surface area contributed by atoms with Gasteiger partial charge in [0.25, 0.3) is 0 Å². The van der Waals surface area contributed by atoms with Gasteiger partial charge in [-0.1, -0.05) is 38.1 Å². The van der Waals surface area contributed by atoms with Crippen molar-refractivity contribution >= 4 is 0 Å². The van der Waals surface area contributed by atoms with Crippen LogP contribution >= 0.6 is 0 Å². The molecule has 2 nitrogen and oxygen atoms in total. The normalized spacial score (nSPS) is 22.0. The van der Waals surface area contributed by atoms with Gasteiger partial charge in [-0.25, -0.2) is 0 Å². The fourth-order valence-electron chi connectivity index (χ4n) is 3.33. The van der Waals surface area contributed by atoms with E-state index in [1.807, 2.05) is 0 Å². The first kappa shape index (κ1) is 16.5. The zero-order valence-electron chi connectivity index (χ0n) is 14.1. The van der Waals surface area contributed by atoms with E-state index in [0.717, 1.165) is 19.0 Å². The van der Waals surface area contributed by atoms with Crippen molar-refractivity contribution in [3.8, 4) is 0 Å². The Bertz CT molecular complexity index is 416. The molecule has 1 aliphatic heterocycles. The predicted octanol–water partition coefficient (Wildman–Crippen LogP) is 4.16. The predicted molar refractivity (Wildman–Crippen MR) is 91.7 cm³/mol. The van der Waals surface area contributed by atoms with Gasteiger partial charge in [0.05, 0.1) is 0 Å². The summed E-state index contributed by atoms with van der Waals surface area (Å²) in [5.41, 5.74) is 2.89. The zero-order valence-corrected chi connectivity index (χ0v) is 14.1. The Labute approximate surface area is 130 Å². The Morgan fingerprint density at radius 3 is 2.81 bits per heavy atom. The van der Waals surface area contributed by atoms with Crippen molar-refractivity contribution in [2.75, 3.05) is 26.2 Å². The highest BCUT2D eigenvalue weighted by Gasteiger charge is 2.19. The van der Waals surface area contributed by atoms with Crippen molar-refractivity contribution in [2.45, 2.75) is 52.5 Å². The summed E-state index contributed by atoms with van der Waals surface area (Å²) in [6.45, 7) is 11.7. The molecule has 1 aromatic carbocycles. The van der Waals surface area contributed by atoms with E-state index in [-0.39, 0.29) is 0 Å². The summed E-state index contributed by atoms with van der Waals surface area (Å²) in [6, 6.07) is 9.32. The van der Waals surface area contributed by atoms with Crippen LogP contribution < -0.4 is 5.32 Å². The summed E-state index contributed by atoms with van der Waals surface area (Å²) < 4.78 is 0. The van der Waals surface area contributed by atoms with Crippen molar-refractivity contribution in [3.63, 3.8) is 0 Å². The van der Waals surface area contributed by atoms with E-state index < -0.39 is 0 Å². The van der Waals surface area contributed by atoms with E-state index in [1.54, 1.807) is 0 Å². The lowest BCUT2D eigenvalue weighted by atomic mass is 10.0. The molecular weight excluding hydrogens is 256 g/mol. The smallest absolute Gasteiger partial charge is 0.0451 e. The molecule has 2 rings (SSSR count). The van der Waals surface area contributed by atoms with E-state index in [2.05, 4.69) is 55.3 Å². The summed E-state index contributed by atoms with van der Waals surface area (Å²) in [5, 5.41) is 3.76. The highest BCUT2D eigenvalue weighted by molar-refractivity contribution is 5.29. The maximum atomic E-state index is 3.76. The van der Waals surface area contributed by atoms with Crippen molar-refractivity contribution in [2.24, 2.45) is 5.92 Å². The number of nitrogens with one attached hydrogen (secondary N) is 1. The molecule has 1 aromatic rings. The van der Waals surface area contributed by atoms with E-state index >= 15 is 0 Å². The van der Waals surface area contributed by atoms with Crippen LogP contribution in [-0.4, -0.2) is 31.1 Å². The molecule has 21 heavy (non-hydrogen) atoms. The van der Waals surface area contributed by atoms with Crippen LogP contribution in [0, 0.1) is 12.8 Å². The highest BCUT2D eigenvalue weighted by Crippen LogP contribution is 2.22. The second-order valence-corrected chi connectivity index (χ2v) is 6.70. The SMILES string of the molecule is CCCNC(CN1CCCC(C)CC1)c1ccccc1C. The Hall–Kier alpha value is -0.860. The Morgan fingerprint density at radius 2 is 2.05 bits per heavy atom. The van der Waals surface area contributed by atoms with Gasteiger partial charge in [-0.2, -0.15) is 0 Å². The van der Waals surface area contributed by atoms with Crippen LogP contribution in [-0.2, 0) is 0 Å². The van der Waals surface area contributed by atoms with Crippen LogP contribution in [0.15, 0.2) is 24.3 Å². The number of hydrogen-bond donors (Lipinski definition) is 1. The minimum Gasteiger partial charge on any atom is -0.309 e. The molecule has 2 atom stereocenters. The summed E-state index contributed by atoms with van der Waals surface area (Å²) in [5.74, 6) is 0.899. The molecule has 118 valence electrons. The van der Waals surface area contributed by atoms with E-state index in [0.29, 0.717) is 6.04 Å². The van der Waals surface area contributed by atoms with Crippen molar-refractivity contribution < 1.29 is 0 Å². The molecule has 0 aliphatic carbocycles. The summed E-state index contributed by atoms with van der Waals surface area (Å²) in [6.07, 6.45) is 5.30. The maximum Gasteiger partial charge on any atom is 0.0451 e. The fourth-order valence-corrected chi connectivity index (χ4v) is 3.33. The summed E-state index contributed by atoms with van der Waals surface area (Å²) in [7, 11) is 0. The first-order valence-corrected chi connectivity index (χ1v) is 8.72. The number of aryl methyl sites for hydroxylation is 1. The molecule has 1 heterocycles. The molecule has 0 amide bonds. The monoisotopic (exact) mass is 288 g/mol. The maximum absolute atomic E-state index is 3.76. The number of rotatable bonds is 6. The van der Waals surface area contributed by atoms with Crippen LogP contribution in [0.25, 0.3) is 0 Å². The highest BCUT2D eigenvalue weighted by atomic mass is 15.1.